The molecule has 0 atom stereocenters. The molecule has 10 nitrogen and oxygen atoms in total. The molecule has 4 heterocycles. The summed E-state index contributed by atoms with van der Waals surface area (Å²) in [5, 5.41) is 18.5. The first-order valence-corrected chi connectivity index (χ1v) is 12.8. The molecule has 0 saturated carbocycles. The number of aromatic nitrogens is 5. The summed E-state index contributed by atoms with van der Waals surface area (Å²) in [7, 11) is 1.86. The summed E-state index contributed by atoms with van der Waals surface area (Å²) in [6, 6.07) is 15.5. The molecule has 196 valence electrons. The zero-order valence-electron chi connectivity index (χ0n) is 22.0. The fourth-order valence-electron chi connectivity index (χ4n) is 4.91. The smallest absolute Gasteiger partial charge is 0.256 e. The summed E-state index contributed by atoms with van der Waals surface area (Å²) in [5.41, 5.74) is 7.61. The van der Waals surface area contributed by atoms with Gasteiger partial charge < -0.3 is 21.3 Å². The van der Waals surface area contributed by atoms with E-state index >= 15 is 0 Å². The molecule has 39 heavy (non-hydrogen) atoms. The van der Waals surface area contributed by atoms with E-state index in [1.807, 2.05) is 39.1 Å². The highest BCUT2D eigenvalue weighted by molar-refractivity contribution is 6.04. The van der Waals surface area contributed by atoms with Gasteiger partial charge in [0.1, 0.15) is 5.82 Å². The van der Waals surface area contributed by atoms with Crippen molar-refractivity contribution in [2.24, 2.45) is 7.05 Å². The predicted octanol–water partition coefficient (Wildman–Crippen LogP) is 4.76. The number of carbonyl (C=O) groups is 1. The molecule has 0 radical (unpaired) electrons. The first-order chi connectivity index (χ1) is 18.9. The second kappa shape index (κ2) is 10.1. The quantitative estimate of drug-likeness (QED) is 0.253. The van der Waals surface area contributed by atoms with Gasteiger partial charge in [-0.2, -0.15) is 10.1 Å². The minimum Gasteiger partial charge on any atom is -0.338 e. The van der Waals surface area contributed by atoms with Crippen LogP contribution in [-0.4, -0.2) is 37.2 Å². The number of hydrogen-bond donors (Lipinski definition) is 4. The van der Waals surface area contributed by atoms with Crippen LogP contribution in [0.2, 0.25) is 0 Å². The van der Waals surface area contributed by atoms with E-state index in [2.05, 4.69) is 54.5 Å². The summed E-state index contributed by atoms with van der Waals surface area (Å²) in [4.78, 5) is 26.2. The molecule has 1 amide bonds. The third-order valence-corrected chi connectivity index (χ3v) is 6.87. The SMILES string of the molecule is Cc1cc(C(=O)Nc2ccccn2)cc(C)c1Nc1nn(C)c2nc(Nc3ccc4c(c3)CNCC4)ncc12. The first-order valence-electron chi connectivity index (χ1n) is 12.8. The van der Waals surface area contributed by atoms with Crippen molar-refractivity contribution in [3.05, 3.63) is 88.7 Å². The number of aryl methyl sites for hydroxylation is 3. The zero-order chi connectivity index (χ0) is 26.9. The van der Waals surface area contributed by atoms with Crippen LogP contribution < -0.4 is 21.3 Å². The van der Waals surface area contributed by atoms with E-state index < -0.39 is 0 Å². The van der Waals surface area contributed by atoms with Crippen LogP contribution in [0.4, 0.5) is 29.0 Å². The summed E-state index contributed by atoms with van der Waals surface area (Å²) < 4.78 is 1.74. The molecule has 1 aliphatic heterocycles. The van der Waals surface area contributed by atoms with Gasteiger partial charge >= 0.3 is 0 Å². The lowest BCUT2D eigenvalue weighted by Crippen LogP contribution is -2.23. The lowest BCUT2D eigenvalue weighted by molar-refractivity contribution is 0.102. The van der Waals surface area contributed by atoms with Gasteiger partial charge in [-0.25, -0.2) is 14.6 Å². The number of nitrogens with one attached hydrogen (secondary N) is 4. The number of anilines is 5. The van der Waals surface area contributed by atoms with Crippen LogP contribution >= 0.6 is 0 Å². The van der Waals surface area contributed by atoms with Crippen LogP contribution in [0.1, 0.15) is 32.6 Å². The first kappa shape index (κ1) is 24.5. The van der Waals surface area contributed by atoms with Gasteiger partial charge in [0, 0.05) is 42.9 Å². The highest BCUT2D eigenvalue weighted by atomic mass is 16.1. The van der Waals surface area contributed by atoms with Crippen molar-refractivity contribution in [2.45, 2.75) is 26.8 Å². The second-order valence-corrected chi connectivity index (χ2v) is 9.72. The summed E-state index contributed by atoms with van der Waals surface area (Å²) in [5.74, 6) is 1.46. The van der Waals surface area contributed by atoms with Gasteiger partial charge in [0.15, 0.2) is 11.5 Å². The summed E-state index contributed by atoms with van der Waals surface area (Å²) in [6.45, 7) is 5.81. The Morgan fingerprint density at radius 3 is 2.64 bits per heavy atom. The number of nitrogens with zero attached hydrogens (tertiary/aromatic N) is 5. The lowest BCUT2D eigenvalue weighted by Gasteiger charge is -2.18. The van der Waals surface area contributed by atoms with Gasteiger partial charge in [0.2, 0.25) is 5.95 Å². The van der Waals surface area contributed by atoms with Crippen molar-refractivity contribution in [1.29, 1.82) is 0 Å². The second-order valence-electron chi connectivity index (χ2n) is 9.72. The Balaban J connectivity index is 1.23. The van der Waals surface area contributed by atoms with Gasteiger partial charge in [-0.05, 0) is 85.5 Å². The Hall–Kier alpha value is -4.83. The third kappa shape index (κ3) is 5.01. The van der Waals surface area contributed by atoms with E-state index in [0.29, 0.717) is 28.8 Å². The Labute approximate surface area is 225 Å². The zero-order valence-corrected chi connectivity index (χ0v) is 22.0. The normalized spacial score (nSPS) is 12.7. The Morgan fingerprint density at radius 2 is 1.85 bits per heavy atom. The highest BCUT2D eigenvalue weighted by Crippen LogP contribution is 2.30. The van der Waals surface area contributed by atoms with Gasteiger partial charge in [-0.15, -0.1) is 0 Å². The number of benzene rings is 2. The van der Waals surface area contributed by atoms with Crippen LogP contribution in [0, 0.1) is 13.8 Å². The molecule has 0 spiro atoms. The monoisotopic (exact) mass is 519 g/mol. The summed E-state index contributed by atoms with van der Waals surface area (Å²) >= 11 is 0. The molecule has 4 N–H and O–H groups in total. The van der Waals surface area contributed by atoms with Crippen molar-refractivity contribution in [2.75, 3.05) is 22.5 Å². The number of fused-ring (bicyclic) bond motifs is 2. The van der Waals surface area contributed by atoms with Crippen LogP contribution in [-0.2, 0) is 20.0 Å². The number of hydrogen-bond acceptors (Lipinski definition) is 8. The molecule has 0 bridgehead atoms. The molecule has 0 aliphatic carbocycles. The van der Waals surface area contributed by atoms with Crippen LogP contribution in [0.5, 0.6) is 0 Å². The molecule has 0 fully saturated rings. The number of pyridine rings is 1. The molecule has 3 aromatic heterocycles. The number of amides is 1. The Kier molecular flexibility index (Phi) is 6.37. The van der Waals surface area contributed by atoms with E-state index in [-0.39, 0.29) is 5.91 Å². The topological polar surface area (TPSA) is 122 Å². The fourth-order valence-corrected chi connectivity index (χ4v) is 4.91. The molecule has 2 aromatic carbocycles. The maximum atomic E-state index is 12.8. The van der Waals surface area contributed by atoms with E-state index in [9.17, 15) is 4.79 Å². The van der Waals surface area contributed by atoms with Crippen molar-refractivity contribution < 1.29 is 4.79 Å². The largest absolute Gasteiger partial charge is 0.338 e. The molecule has 0 saturated heterocycles. The fraction of sp³-hybridized carbons (Fsp3) is 0.207. The average Bonchev–Trinajstić information content (AvgIpc) is 3.25. The molecule has 0 unspecified atom stereocenters. The van der Waals surface area contributed by atoms with Gasteiger partial charge in [0.25, 0.3) is 5.91 Å². The summed E-state index contributed by atoms with van der Waals surface area (Å²) in [6.07, 6.45) is 4.47. The average molecular weight is 520 g/mol. The standard InChI is InChI=1S/C29H29N9O/c1-17-12-20(28(39)34-24-6-4-5-10-31-24)13-18(2)25(17)35-26-23-16-32-29(36-27(23)38(3)37-26)33-22-8-7-19-9-11-30-15-21(19)14-22/h4-8,10,12-14,16,30H,9,11,15H2,1-3H3,(H,35,37)(H,31,34,39)(H,32,33,36). The van der Waals surface area contributed by atoms with Crippen molar-refractivity contribution >= 4 is 45.9 Å². The van der Waals surface area contributed by atoms with Gasteiger partial charge in [0.05, 0.1) is 5.39 Å². The lowest BCUT2D eigenvalue weighted by atomic mass is 10.0. The molecule has 1 aliphatic rings. The van der Waals surface area contributed by atoms with Gasteiger partial charge in [-0.3, -0.25) is 4.79 Å². The van der Waals surface area contributed by atoms with E-state index in [1.165, 1.54) is 11.1 Å². The highest BCUT2D eigenvalue weighted by Gasteiger charge is 2.17. The molecule has 6 rings (SSSR count). The Bertz CT molecular complexity index is 1670. The maximum Gasteiger partial charge on any atom is 0.256 e. The van der Waals surface area contributed by atoms with Crippen molar-refractivity contribution in [3.63, 3.8) is 0 Å². The third-order valence-electron chi connectivity index (χ3n) is 6.87. The van der Waals surface area contributed by atoms with E-state index in [4.69, 9.17) is 4.98 Å². The Morgan fingerprint density at radius 1 is 1.00 bits per heavy atom. The van der Waals surface area contributed by atoms with Crippen LogP contribution in [0.15, 0.2) is 60.9 Å². The molecule has 10 heteroatoms. The number of rotatable bonds is 6. The van der Waals surface area contributed by atoms with Crippen LogP contribution in [0.3, 0.4) is 0 Å². The van der Waals surface area contributed by atoms with Crippen molar-refractivity contribution in [3.8, 4) is 0 Å². The molecular weight excluding hydrogens is 490 g/mol. The molecular formula is C29H29N9O. The van der Waals surface area contributed by atoms with Crippen molar-refractivity contribution in [1.82, 2.24) is 30.0 Å². The molecule has 5 aromatic rings. The number of carbonyl (C=O) groups excluding carboxylic acids is 1. The van der Waals surface area contributed by atoms with Crippen LogP contribution in [0.25, 0.3) is 11.0 Å². The van der Waals surface area contributed by atoms with E-state index in [0.717, 1.165) is 47.4 Å². The van der Waals surface area contributed by atoms with E-state index in [1.54, 1.807) is 29.2 Å². The predicted molar refractivity (Wildman–Crippen MR) is 153 cm³/mol. The minimum absolute atomic E-state index is 0.210. The minimum atomic E-state index is -0.210. The maximum absolute atomic E-state index is 12.8. The van der Waals surface area contributed by atoms with Gasteiger partial charge in [-0.1, -0.05) is 12.1 Å².